The van der Waals surface area contributed by atoms with Gasteiger partial charge in [0.05, 0.1) is 11.9 Å². The first-order chi connectivity index (χ1) is 6.40. The maximum absolute atomic E-state index is 10.7. The van der Waals surface area contributed by atoms with Gasteiger partial charge in [0.25, 0.3) is 0 Å². The molecule has 0 bridgehead atoms. The van der Waals surface area contributed by atoms with Crippen molar-refractivity contribution in [3.63, 3.8) is 0 Å². The molecule has 0 spiro atoms. The zero-order chi connectivity index (χ0) is 11.3. The molecule has 0 aromatic heterocycles. The van der Waals surface area contributed by atoms with Gasteiger partial charge in [0.15, 0.2) is 0 Å². The predicted octanol–water partition coefficient (Wildman–Crippen LogP) is -6.70. The van der Waals surface area contributed by atoms with E-state index in [9.17, 15) is 19.8 Å². The van der Waals surface area contributed by atoms with Gasteiger partial charge in [0, 0.05) is 10.2 Å². The fraction of sp³-hybridized carbons (Fsp3) is 0.556. The molecule has 4 nitrogen and oxygen atoms in total. The molecular weight excluding hydrogens is 250 g/mol. The summed E-state index contributed by atoms with van der Waals surface area (Å²) < 4.78 is 0. The molecule has 0 rings (SSSR count). The van der Waals surface area contributed by atoms with Gasteiger partial charge >= 0.3 is 59.1 Å². The number of carbonyl (C=O) groups excluding carboxylic acids is 2. The summed E-state index contributed by atoms with van der Waals surface area (Å²) in [6, 6.07) is 0. The van der Waals surface area contributed by atoms with Gasteiger partial charge < -0.3 is 19.8 Å². The minimum Gasteiger partial charge on any atom is -0.545 e. The first-order valence-electron chi connectivity index (χ1n) is 4.22. The van der Waals surface area contributed by atoms with Crippen LogP contribution >= 0.6 is 11.8 Å². The molecule has 0 aliphatic carbocycles. The smallest absolute Gasteiger partial charge is 0.545 e. The van der Waals surface area contributed by atoms with Crippen molar-refractivity contribution in [2.24, 2.45) is 0 Å². The molecular formula is C9H12Na2O4S. The number of hydrogen-bond acceptors (Lipinski definition) is 5. The molecule has 0 aromatic rings. The van der Waals surface area contributed by atoms with Crippen LogP contribution in [0.2, 0.25) is 0 Å². The Labute approximate surface area is 144 Å². The van der Waals surface area contributed by atoms with Crippen LogP contribution in [0.15, 0.2) is 10.5 Å². The minimum absolute atomic E-state index is 0. The fourth-order valence-corrected chi connectivity index (χ4v) is 1.81. The topological polar surface area (TPSA) is 80.3 Å². The maximum atomic E-state index is 10.7. The minimum atomic E-state index is -1.45. The number of hydrogen-bond donors (Lipinski definition) is 0. The first-order valence-corrected chi connectivity index (χ1v) is 5.10. The summed E-state index contributed by atoms with van der Waals surface area (Å²) >= 11 is 0.965. The largest absolute Gasteiger partial charge is 1.00 e. The number of aliphatic carboxylic acids is 2. The van der Waals surface area contributed by atoms with E-state index in [1.807, 2.05) is 0 Å². The van der Waals surface area contributed by atoms with E-state index >= 15 is 0 Å². The van der Waals surface area contributed by atoms with Crippen molar-refractivity contribution in [3.8, 4) is 0 Å². The first kappa shape index (κ1) is 22.2. The molecule has 0 radical (unpaired) electrons. The molecule has 0 aliphatic heterocycles. The third-order valence-electron chi connectivity index (χ3n) is 1.41. The summed E-state index contributed by atoms with van der Waals surface area (Å²) in [6.45, 7) is 5.11. The van der Waals surface area contributed by atoms with Crippen molar-refractivity contribution in [1.82, 2.24) is 0 Å². The molecule has 0 amide bonds. The van der Waals surface area contributed by atoms with Gasteiger partial charge in [0.1, 0.15) is 0 Å². The van der Waals surface area contributed by atoms with Gasteiger partial charge in [-0.3, -0.25) is 0 Å². The Morgan fingerprint density at radius 2 is 1.56 bits per heavy atom. The Morgan fingerprint density at radius 3 is 1.75 bits per heavy atom. The second-order valence-corrected chi connectivity index (χ2v) is 4.49. The summed E-state index contributed by atoms with van der Waals surface area (Å²) in [6.07, 6.45) is 0.116. The summed E-state index contributed by atoms with van der Waals surface area (Å²) in [4.78, 5) is 21.0. The Kier molecular flexibility index (Phi) is 15.5. The second-order valence-electron chi connectivity index (χ2n) is 2.90. The molecule has 0 fully saturated rings. The third kappa shape index (κ3) is 8.17. The Morgan fingerprint density at radius 1 is 1.12 bits per heavy atom. The number of carboxylic acids is 2. The van der Waals surface area contributed by atoms with Crippen molar-refractivity contribution >= 4 is 23.7 Å². The summed E-state index contributed by atoms with van der Waals surface area (Å²) in [7, 11) is 0. The van der Waals surface area contributed by atoms with Crippen LogP contribution in [0.25, 0.3) is 0 Å². The zero-order valence-corrected chi connectivity index (χ0v) is 15.1. The molecule has 0 aliphatic rings. The normalized spacial score (nSPS) is 11.0. The average molecular weight is 262 g/mol. The monoisotopic (exact) mass is 262 g/mol. The molecule has 0 aromatic carbocycles. The van der Waals surface area contributed by atoms with E-state index in [0.29, 0.717) is 0 Å². The second kappa shape index (κ2) is 11.1. The van der Waals surface area contributed by atoms with Gasteiger partial charge in [-0.15, -0.1) is 11.8 Å². The Balaban J connectivity index is -0.000000845. The van der Waals surface area contributed by atoms with E-state index in [-0.39, 0.29) is 81.3 Å². The van der Waals surface area contributed by atoms with Crippen LogP contribution < -0.4 is 69.3 Å². The number of thioether (sulfide) groups is 1. The fourth-order valence-electron chi connectivity index (χ4n) is 0.876. The molecule has 0 atom stereocenters. The molecule has 7 heteroatoms. The number of rotatable bonds is 5. The predicted molar refractivity (Wildman–Crippen MR) is 50.1 cm³/mol. The van der Waals surface area contributed by atoms with Crippen LogP contribution in [0.4, 0.5) is 0 Å². The average Bonchev–Trinajstić information content (AvgIpc) is 2.02. The molecule has 0 N–H and O–H groups in total. The van der Waals surface area contributed by atoms with Crippen molar-refractivity contribution in [2.45, 2.75) is 32.4 Å². The van der Waals surface area contributed by atoms with E-state index in [1.54, 1.807) is 20.8 Å². The Bertz CT molecular complexity index is 277. The van der Waals surface area contributed by atoms with Crippen LogP contribution in [-0.4, -0.2) is 17.2 Å². The summed E-state index contributed by atoms with van der Waals surface area (Å²) in [5.41, 5.74) is -0.205. The third-order valence-corrected chi connectivity index (χ3v) is 2.53. The molecule has 80 valence electrons. The zero-order valence-electron chi connectivity index (χ0n) is 10.3. The van der Waals surface area contributed by atoms with Gasteiger partial charge in [-0.25, -0.2) is 0 Å². The van der Waals surface area contributed by atoms with E-state index in [2.05, 4.69) is 0 Å². The van der Waals surface area contributed by atoms with E-state index < -0.39 is 11.9 Å². The maximum Gasteiger partial charge on any atom is 1.00 e. The van der Waals surface area contributed by atoms with Crippen LogP contribution in [0.5, 0.6) is 0 Å². The van der Waals surface area contributed by atoms with Crippen molar-refractivity contribution in [3.05, 3.63) is 10.5 Å². The van der Waals surface area contributed by atoms with E-state index in [1.165, 1.54) is 0 Å². The van der Waals surface area contributed by atoms with Gasteiger partial charge in [0.2, 0.25) is 0 Å². The van der Waals surface area contributed by atoms with Crippen LogP contribution in [0, 0.1) is 0 Å². The summed E-state index contributed by atoms with van der Waals surface area (Å²) in [5, 5.41) is 21.2. The standard InChI is InChI=1S/C9H14O4S.2Na/c1-4-6(8(10)11)7(9(12)13)14-5(2)3;;/h5H,4H2,1-3H3,(H,10,11)(H,12,13);;/q;2*+1/p-2. The van der Waals surface area contributed by atoms with Crippen molar-refractivity contribution < 1.29 is 78.9 Å². The number of carboxylic acid groups (broad SMARTS) is 2. The molecule has 0 saturated heterocycles. The van der Waals surface area contributed by atoms with Crippen LogP contribution in [-0.2, 0) is 9.59 Å². The van der Waals surface area contributed by atoms with Crippen LogP contribution in [0.3, 0.4) is 0 Å². The van der Waals surface area contributed by atoms with Crippen molar-refractivity contribution in [2.75, 3.05) is 0 Å². The van der Waals surface area contributed by atoms with Crippen LogP contribution in [0.1, 0.15) is 27.2 Å². The number of carbonyl (C=O) groups is 2. The van der Waals surface area contributed by atoms with E-state index in [0.717, 1.165) is 11.8 Å². The molecule has 0 unspecified atom stereocenters. The van der Waals surface area contributed by atoms with Gasteiger partial charge in [-0.05, 0) is 12.0 Å². The molecule has 0 heterocycles. The van der Waals surface area contributed by atoms with Crippen molar-refractivity contribution in [1.29, 1.82) is 0 Å². The SMILES string of the molecule is CCC(C(=O)[O-])=C(SC(C)C)C(=O)[O-].[Na+].[Na+]. The molecule has 16 heavy (non-hydrogen) atoms. The molecule has 0 saturated carbocycles. The van der Waals surface area contributed by atoms with E-state index in [4.69, 9.17) is 0 Å². The van der Waals surface area contributed by atoms with Gasteiger partial charge in [-0.1, -0.05) is 20.8 Å². The summed E-state index contributed by atoms with van der Waals surface area (Å²) in [5.74, 6) is -2.90. The Hall–Kier alpha value is 1.03. The quantitative estimate of drug-likeness (QED) is 0.363. The van der Waals surface area contributed by atoms with Gasteiger partial charge in [-0.2, -0.15) is 0 Å².